The SMILES string of the molecule is CS(=O)(=O)CCOc1cc[c]cc1. The fourth-order valence-electron chi connectivity index (χ4n) is 0.779. The molecule has 0 saturated carbocycles. The van der Waals surface area contributed by atoms with Crippen LogP contribution in [0, 0.1) is 6.07 Å². The van der Waals surface area contributed by atoms with Crippen LogP contribution in [0.15, 0.2) is 24.3 Å². The van der Waals surface area contributed by atoms with Crippen LogP contribution < -0.4 is 4.74 Å². The van der Waals surface area contributed by atoms with Crippen LogP contribution in [-0.2, 0) is 9.84 Å². The molecule has 0 aliphatic carbocycles. The van der Waals surface area contributed by atoms with Gasteiger partial charge in [-0.3, -0.25) is 0 Å². The van der Waals surface area contributed by atoms with Crippen LogP contribution in [0.2, 0.25) is 0 Å². The largest absolute Gasteiger partial charge is 0.493 e. The molecule has 1 radical (unpaired) electrons. The van der Waals surface area contributed by atoms with Crippen LogP contribution in [0.5, 0.6) is 5.75 Å². The molecule has 0 N–H and O–H groups in total. The second-order valence-electron chi connectivity index (χ2n) is 2.71. The molecule has 0 aliphatic heterocycles. The zero-order valence-corrected chi connectivity index (χ0v) is 8.17. The Kier molecular flexibility index (Phi) is 3.31. The Balaban J connectivity index is 2.37. The Morgan fingerprint density at radius 2 is 2.00 bits per heavy atom. The van der Waals surface area contributed by atoms with Crippen molar-refractivity contribution in [2.75, 3.05) is 18.6 Å². The normalized spacial score (nSPS) is 11.2. The van der Waals surface area contributed by atoms with Crippen molar-refractivity contribution in [2.24, 2.45) is 0 Å². The van der Waals surface area contributed by atoms with Gasteiger partial charge in [0.05, 0.1) is 5.75 Å². The van der Waals surface area contributed by atoms with Crippen molar-refractivity contribution < 1.29 is 13.2 Å². The summed E-state index contributed by atoms with van der Waals surface area (Å²) in [5, 5.41) is 0. The van der Waals surface area contributed by atoms with E-state index in [2.05, 4.69) is 6.07 Å². The summed E-state index contributed by atoms with van der Waals surface area (Å²) < 4.78 is 26.7. The highest BCUT2D eigenvalue weighted by Gasteiger charge is 2.01. The van der Waals surface area contributed by atoms with Crippen molar-refractivity contribution in [1.29, 1.82) is 0 Å². The highest BCUT2D eigenvalue weighted by atomic mass is 32.2. The summed E-state index contributed by atoms with van der Waals surface area (Å²) >= 11 is 0. The van der Waals surface area contributed by atoms with Gasteiger partial charge in [0.25, 0.3) is 0 Å². The van der Waals surface area contributed by atoms with E-state index in [9.17, 15) is 8.42 Å². The number of ether oxygens (including phenoxy) is 1. The minimum Gasteiger partial charge on any atom is -0.493 e. The molecule has 0 saturated heterocycles. The number of hydrogen-bond acceptors (Lipinski definition) is 3. The maximum Gasteiger partial charge on any atom is 0.150 e. The molecule has 1 aromatic rings. The van der Waals surface area contributed by atoms with Crippen molar-refractivity contribution in [1.82, 2.24) is 0 Å². The van der Waals surface area contributed by atoms with Gasteiger partial charge in [-0.25, -0.2) is 8.42 Å². The number of benzene rings is 1. The lowest BCUT2D eigenvalue weighted by molar-refractivity contribution is 0.341. The van der Waals surface area contributed by atoms with Gasteiger partial charge < -0.3 is 4.74 Å². The summed E-state index contributed by atoms with van der Waals surface area (Å²) in [4.78, 5) is 0. The Morgan fingerprint density at radius 1 is 1.38 bits per heavy atom. The molecule has 0 amide bonds. The topological polar surface area (TPSA) is 43.4 Å². The Morgan fingerprint density at radius 3 is 2.54 bits per heavy atom. The van der Waals surface area contributed by atoms with Crippen LogP contribution >= 0.6 is 0 Å². The summed E-state index contributed by atoms with van der Waals surface area (Å²) in [6.07, 6.45) is 1.19. The second-order valence-corrected chi connectivity index (χ2v) is 4.97. The summed E-state index contributed by atoms with van der Waals surface area (Å²) in [5.41, 5.74) is 0. The van der Waals surface area contributed by atoms with Gasteiger partial charge >= 0.3 is 0 Å². The van der Waals surface area contributed by atoms with E-state index in [1.807, 2.05) is 0 Å². The molecule has 71 valence electrons. The molecule has 0 fully saturated rings. The van der Waals surface area contributed by atoms with Gasteiger partial charge in [0.1, 0.15) is 12.4 Å². The van der Waals surface area contributed by atoms with Gasteiger partial charge in [0, 0.05) is 6.26 Å². The molecule has 4 heteroatoms. The van der Waals surface area contributed by atoms with Crippen molar-refractivity contribution in [3.05, 3.63) is 30.3 Å². The first-order chi connectivity index (χ1) is 6.08. The highest BCUT2D eigenvalue weighted by molar-refractivity contribution is 7.90. The molecule has 0 aliphatic rings. The molecule has 0 bridgehead atoms. The monoisotopic (exact) mass is 199 g/mol. The maximum absolute atomic E-state index is 10.7. The van der Waals surface area contributed by atoms with Gasteiger partial charge in [-0.05, 0) is 18.2 Å². The third kappa shape index (κ3) is 4.52. The lowest BCUT2D eigenvalue weighted by Gasteiger charge is -2.03. The summed E-state index contributed by atoms with van der Waals surface area (Å²) in [5.74, 6) is 0.716. The number of rotatable bonds is 4. The van der Waals surface area contributed by atoms with E-state index in [-0.39, 0.29) is 12.4 Å². The predicted octanol–water partition coefficient (Wildman–Crippen LogP) is 0.910. The minimum atomic E-state index is -2.93. The Bertz CT molecular complexity index is 342. The molecule has 0 aromatic heterocycles. The van der Waals surface area contributed by atoms with Crippen molar-refractivity contribution in [3.63, 3.8) is 0 Å². The fraction of sp³-hybridized carbons (Fsp3) is 0.333. The van der Waals surface area contributed by atoms with Gasteiger partial charge in [0.15, 0.2) is 9.84 Å². The predicted molar refractivity (Wildman–Crippen MR) is 50.5 cm³/mol. The second kappa shape index (κ2) is 4.28. The van der Waals surface area contributed by atoms with Crippen molar-refractivity contribution in [2.45, 2.75) is 0 Å². The summed E-state index contributed by atoms with van der Waals surface area (Å²) in [6, 6.07) is 9.75. The lowest BCUT2D eigenvalue weighted by Crippen LogP contribution is -2.11. The highest BCUT2D eigenvalue weighted by Crippen LogP contribution is 2.07. The molecular weight excluding hydrogens is 188 g/mol. The first kappa shape index (κ1) is 10.1. The summed E-state index contributed by atoms with van der Waals surface area (Å²) in [7, 11) is -2.93. The van der Waals surface area contributed by atoms with E-state index in [0.717, 1.165) is 0 Å². The molecule has 0 atom stereocenters. The van der Waals surface area contributed by atoms with Crippen LogP contribution in [0.4, 0.5) is 0 Å². The van der Waals surface area contributed by atoms with Crippen LogP contribution in [0.3, 0.4) is 0 Å². The van der Waals surface area contributed by atoms with Crippen LogP contribution in [0.1, 0.15) is 0 Å². The smallest absolute Gasteiger partial charge is 0.150 e. The molecule has 1 aromatic carbocycles. The molecule has 13 heavy (non-hydrogen) atoms. The molecule has 3 nitrogen and oxygen atoms in total. The van der Waals surface area contributed by atoms with E-state index in [1.165, 1.54) is 6.26 Å². The van der Waals surface area contributed by atoms with E-state index in [4.69, 9.17) is 4.74 Å². The standard InChI is InChI=1S/C9H11O3S/c1-13(10,11)8-7-12-9-5-3-2-4-6-9/h3-6H,7-8H2,1H3. The van der Waals surface area contributed by atoms with E-state index >= 15 is 0 Å². The van der Waals surface area contributed by atoms with Crippen LogP contribution in [0.25, 0.3) is 0 Å². The number of hydrogen-bond donors (Lipinski definition) is 0. The Hall–Kier alpha value is -1.03. The molecule has 0 heterocycles. The van der Waals surface area contributed by atoms with Crippen LogP contribution in [-0.4, -0.2) is 27.0 Å². The number of sulfone groups is 1. The van der Waals surface area contributed by atoms with Gasteiger partial charge in [0.2, 0.25) is 0 Å². The van der Waals surface area contributed by atoms with Gasteiger partial charge in [-0.1, -0.05) is 12.1 Å². The molecule has 0 unspecified atom stereocenters. The van der Waals surface area contributed by atoms with Gasteiger partial charge in [-0.15, -0.1) is 0 Å². The zero-order valence-electron chi connectivity index (χ0n) is 7.36. The minimum absolute atomic E-state index is 0.0472. The first-order valence-corrected chi connectivity index (χ1v) is 5.90. The zero-order chi connectivity index (χ0) is 9.73. The summed E-state index contributed by atoms with van der Waals surface area (Å²) in [6.45, 7) is 0.197. The van der Waals surface area contributed by atoms with Crippen molar-refractivity contribution >= 4 is 9.84 Å². The van der Waals surface area contributed by atoms with E-state index < -0.39 is 9.84 Å². The average Bonchev–Trinajstić information content (AvgIpc) is 2.04. The maximum atomic E-state index is 10.7. The quantitative estimate of drug-likeness (QED) is 0.724. The van der Waals surface area contributed by atoms with E-state index in [0.29, 0.717) is 5.75 Å². The molecule has 1 rings (SSSR count). The third-order valence-corrected chi connectivity index (χ3v) is 2.32. The fourth-order valence-corrected chi connectivity index (χ4v) is 1.16. The van der Waals surface area contributed by atoms with E-state index in [1.54, 1.807) is 24.3 Å². The Labute approximate surface area is 78.3 Å². The van der Waals surface area contributed by atoms with Gasteiger partial charge in [-0.2, -0.15) is 0 Å². The van der Waals surface area contributed by atoms with Crippen molar-refractivity contribution in [3.8, 4) is 5.75 Å². The lowest BCUT2D eigenvalue weighted by atomic mass is 10.3. The first-order valence-electron chi connectivity index (χ1n) is 3.84. The third-order valence-electron chi connectivity index (χ3n) is 1.41. The molecular formula is C9H11O3S. The molecule has 0 spiro atoms. The average molecular weight is 199 g/mol.